The van der Waals surface area contributed by atoms with E-state index < -0.39 is 0 Å². The van der Waals surface area contributed by atoms with E-state index in [1.807, 2.05) is 37.3 Å². The number of ether oxygens (including phenoxy) is 2. The number of aryl methyl sites for hydroxylation is 1. The zero-order valence-corrected chi connectivity index (χ0v) is 17.8. The van der Waals surface area contributed by atoms with Crippen molar-refractivity contribution in [2.45, 2.75) is 26.5 Å². The lowest BCUT2D eigenvalue weighted by molar-refractivity contribution is -0.120. The topological polar surface area (TPSA) is 89.7 Å². The zero-order chi connectivity index (χ0) is 21.6. The number of carbonyl (C=O) groups is 1. The van der Waals surface area contributed by atoms with Crippen molar-refractivity contribution in [3.63, 3.8) is 0 Å². The van der Waals surface area contributed by atoms with E-state index in [1.165, 1.54) is 0 Å². The molecule has 1 fully saturated rings. The van der Waals surface area contributed by atoms with Crippen molar-refractivity contribution in [3.8, 4) is 22.8 Å². The van der Waals surface area contributed by atoms with Crippen molar-refractivity contribution in [1.82, 2.24) is 20.4 Å². The molecule has 1 amide bonds. The molecule has 1 aliphatic rings. The number of pyridine rings is 1. The predicted molar refractivity (Wildman–Crippen MR) is 115 cm³/mol. The van der Waals surface area contributed by atoms with Gasteiger partial charge in [-0.05, 0) is 36.8 Å². The van der Waals surface area contributed by atoms with Gasteiger partial charge in [-0.25, -0.2) is 4.98 Å². The summed E-state index contributed by atoms with van der Waals surface area (Å²) in [5.41, 5.74) is 3.68. The van der Waals surface area contributed by atoms with Crippen LogP contribution in [0.3, 0.4) is 0 Å². The summed E-state index contributed by atoms with van der Waals surface area (Å²) in [6, 6.07) is 11.8. The number of amides is 1. The summed E-state index contributed by atoms with van der Waals surface area (Å²) >= 11 is 0. The van der Waals surface area contributed by atoms with E-state index in [9.17, 15) is 4.79 Å². The highest BCUT2D eigenvalue weighted by Crippen LogP contribution is 2.32. The molecular weight excluding hydrogens is 396 g/mol. The van der Waals surface area contributed by atoms with Gasteiger partial charge in [0.25, 0.3) is 0 Å². The van der Waals surface area contributed by atoms with Crippen LogP contribution in [0.1, 0.15) is 23.4 Å². The molecule has 0 unspecified atom stereocenters. The fourth-order valence-corrected chi connectivity index (χ4v) is 3.63. The third-order valence-corrected chi connectivity index (χ3v) is 5.19. The Hall–Kier alpha value is -3.39. The van der Waals surface area contributed by atoms with Gasteiger partial charge in [0.05, 0.1) is 7.11 Å². The molecule has 8 nitrogen and oxygen atoms in total. The van der Waals surface area contributed by atoms with Crippen LogP contribution in [0.4, 0.5) is 0 Å². The maximum Gasteiger partial charge on any atom is 0.221 e. The summed E-state index contributed by atoms with van der Waals surface area (Å²) in [6.07, 6.45) is 2.20. The third kappa shape index (κ3) is 5.21. The summed E-state index contributed by atoms with van der Waals surface area (Å²) in [6.45, 7) is 4.97. The molecule has 1 N–H and O–H groups in total. The van der Waals surface area contributed by atoms with Crippen LogP contribution in [-0.4, -0.2) is 47.7 Å². The Morgan fingerprint density at radius 2 is 2.13 bits per heavy atom. The van der Waals surface area contributed by atoms with E-state index >= 15 is 0 Å². The van der Waals surface area contributed by atoms with E-state index in [4.69, 9.17) is 14.0 Å². The first kappa shape index (κ1) is 20.9. The fourth-order valence-electron chi connectivity index (χ4n) is 3.63. The molecule has 3 aromatic rings. The molecule has 162 valence electrons. The molecule has 0 atom stereocenters. The minimum atomic E-state index is 0.0919. The number of hydrogen-bond donors (Lipinski definition) is 1. The second kappa shape index (κ2) is 9.61. The number of nitrogens with zero attached hydrogens (tertiary/aromatic N) is 3. The van der Waals surface area contributed by atoms with Gasteiger partial charge in [0, 0.05) is 56.0 Å². The molecule has 8 heteroatoms. The van der Waals surface area contributed by atoms with E-state index in [-0.39, 0.29) is 5.91 Å². The van der Waals surface area contributed by atoms with E-state index in [0.717, 1.165) is 40.4 Å². The smallest absolute Gasteiger partial charge is 0.221 e. The van der Waals surface area contributed by atoms with Crippen molar-refractivity contribution in [2.24, 2.45) is 0 Å². The van der Waals surface area contributed by atoms with Crippen LogP contribution in [0, 0.1) is 6.92 Å². The lowest BCUT2D eigenvalue weighted by atomic mass is 10.0. The number of hydrogen-bond acceptors (Lipinski definition) is 7. The molecule has 0 saturated carbocycles. The number of methoxy groups -OCH3 is 1. The molecule has 0 spiro atoms. The monoisotopic (exact) mass is 422 g/mol. The Labute approximate surface area is 181 Å². The average Bonchev–Trinajstić information content (AvgIpc) is 3.10. The quantitative estimate of drug-likeness (QED) is 0.626. The summed E-state index contributed by atoms with van der Waals surface area (Å²) in [4.78, 5) is 18.3. The molecule has 31 heavy (non-hydrogen) atoms. The van der Waals surface area contributed by atoms with Crippen LogP contribution in [0.25, 0.3) is 11.1 Å². The van der Waals surface area contributed by atoms with Crippen LogP contribution in [0.2, 0.25) is 0 Å². The summed E-state index contributed by atoms with van der Waals surface area (Å²) in [5.74, 6) is 2.19. The highest BCUT2D eigenvalue weighted by atomic mass is 16.5. The van der Waals surface area contributed by atoms with Crippen LogP contribution in [-0.2, 0) is 17.9 Å². The van der Waals surface area contributed by atoms with Crippen molar-refractivity contribution in [3.05, 3.63) is 59.6 Å². The van der Waals surface area contributed by atoms with Gasteiger partial charge >= 0.3 is 0 Å². The molecule has 3 heterocycles. The van der Waals surface area contributed by atoms with Gasteiger partial charge in [0.1, 0.15) is 23.8 Å². The Morgan fingerprint density at radius 1 is 1.23 bits per heavy atom. The van der Waals surface area contributed by atoms with Crippen LogP contribution in [0.5, 0.6) is 11.6 Å². The molecular formula is C23H26N4O4. The lowest BCUT2D eigenvalue weighted by Crippen LogP contribution is -2.28. The number of carbonyl (C=O) groups excluding carboxylic acids is 1. The minimum Gasteiger partial charge on any atom is -0.487 e. The summed E-state index contributed by atoms with van der Waals surface area (Å²) < 4.78 is 16.7. The van der Waals surface area contributed by atoms with Crippen LogP contribution in [0.15, 0.2) is 47.1 Å². The Bertz CT molecular complexity index is 1050. The Kier molecular flexibility index (Phi) is 6.47. The average molecular weight is 422 g/mol. The molecule has 0 aliphatic carbocycles. The molecule has 1 saturated heterocycles. The van der Waals surface area contributed by atoms with Gasteiger partial charge in [0.15, 0.2) is 0 Å². The normalized spacial score (nSPS) is 14.7. The second-order valence-electron chi connectivity index (χ2n) is 7.48. The molecule has 4 rings (SSSR count). The maximum atomic E-state index is 11.7. The van der Waals surface area contributed by atoms with E-state index in [2.05, 4.69) is 26.4 Å². The number of benzene rings is 1. The largest absolute Gasteiger partial charge is 0.487 e. The van der Waals surface area contributed by atoms with Crippen molar-refractivity contribution < 1.29 is 18.8 Å². The van der Waals surface area contributed by atoms with E-state index in [1.54, 1.807) is 13.3 Å². The number of nitrogens with one attached hydrogen (secondary N) is 1. The molecule has 1 aromatic carbocycles. The van der Waals surface area contributed by atoms with Gasteiger partial charge in [0.2, 0.25) is 11.8 Å². The van der Waals surface area contributed by atoms with Crippen molar-refractivity contribution in [2.75, 3.05) is 26.7 Å². The Balaban J connectivity index is 1.62. The first-order valence-corrected chi connectivity index (χ1v) is 10.3. The standard InChI is InChI=1S/C23H26N4O4/c1-16-12-19(26-31-16)15-30-21-6-5-17(20-4-3-8-25-23(20)29-2)13-18(21)14-27-10-7-22(28)24-9-11-27/h3-6,8,12-13H,7,9-11,14-15H2,1-2H3,(H,24,28). The van der Waals surface area contributed by atoms with Gasteiger partial charge < -0.3 is 19.3 Å². The molecule has 0 bridgehead atoms. The minimum absolute atomic E-state index is 0.0919. The van der Waals surface area contributed by atoms with Crippen molar-refractivity contribution >= 4 is 5.91 Å². The second-order valence-corrected chi connectivity index (χ2v) is 7.48. The summed E-state index contributed by atoms with van der Waals surface area (Å²) in [5, 5.41) is 6.92. The molecule has 2 aromatic heterocycles. The zero-order valence-electron chi connectivity index (χ0n) is 17.8. The molecule has 1 aliphatic heterocycles. The Morgan fingerprint density at radius 3 is 2.94 bits per heavy atom. The summed E-state index contributed by atoms with van der Waals surface area (Å²) in [7, 11) is 1.62. The van der Waals surface area contributed by atoms with E-state index in [0.29, 0.717) is 38.5 Å². The van der Waals surface area contributed by atoms with Crippen LogP contribution < -0.4 is 14.8 Å². The highest BCUT2D eigenvalue weighted by Gasteiger charge is 2.17. The SMILES string of the molecule is COc1ncccc1-c1ccc(OCc2cc(C)on2)c(CN2CCNC(=O)CC2)c1. The lowest BCUT2D eigenvalue weighted by Gasteiger charge is -2.21. The predicted octanol–water partition coefficient (Wildman–Crippen LogP) is 2.95. The number of rotatable bonds is 7. The first-order chi connectivity index (χ1) is 15.1. The third-order valence-electron chi connectivity index (χ3n) is 5.19. The molecule has 0 radical (unpaired) electrons. The van der Waals surface area contributed by atoms with Gasteiger partial charge in [-0.1, -0.05) is 11.2 Å². The highest BCUT2D eigenvalue weighted by molar-refractivity contribution is 5.76. The van der Waals surface area contributed by atoms with Crippen molar-refractivity contribution in [1.29, 1.82) is 0 Å². The maximum absolute atomic E-state index is 11.7. The fraction of sp³-hybridized carbons (Fsp3) is 0.348. The number of aromatic nitrogens is 2. The van der Waals surface area contributed by atoms with Gasteiger partial charge in [-0.15, -0.1) is 0 Å². The van der Waals surface area contributed by atoms with Gasteiger partial charge in [-0.2, -0.15) is 0 Å². The van der Waals surface area contributed by atoms with Gasteiger partial charge in [-0.3, -0.25) is 9.69 Å². The first-order valence-electron chi connectivity index (χ1n) is 10.3. The van der Waals surface area contributed by atoms with Crippen LogP contribution >= 0.6 is 0 Å².